The SMILES string of the molecule is CC1Oc2ccc(NC(=O)N3CCN(CCN(C)C)C(=O)C3)cc2NC1=O. The molecule has 2 aliphatic rings. The molecule has 1 aromatic rings. The Balaban J connectivity index is 1.58. The van der Waals surface area contributed by atoms with Gasteiger partial charge in [-0.25, -0.2) is 4.79 Å². The van der Waals surface area contributed by atoms with Gasteiger partial charge in [0.05, 0.1) is 5.69 Å². The van der Waals surface area contributed by atoms with E-state index in [2.05, 4.69) is 10.6 Å². The molecule has 2 heterocycles. The van der Waals surface area contributed by atoms with Crippen LogP contribution in [0, 0.1) is 0 Å². The number of fused-ring (bicyclic) bond motifs is 1. The van der Waals surface area contributed by atoms with E-state index in [1.165, 1.54) is 4.90 Å². The maximum absolute atomic E-state index is 12.5. The van der Waals surface area contributed by atoms with E-state index in [9.17, 15) is 14.4 Å². The topological polar surface area (TPSA) is 94.2 Å². The number of urea groups is 1. The van der Waals surface area contributed by atoms with Crippen molar-refractivity contribution in [2.45, 2.75) is 13.0 Å². The Labute approximate surface area is 158 Å². The number of ether oxygens (including phenoxy) is 1. The van der Waals surface area contributed by atoms with Crippen molar-refractivity contribution in [3.63, 3.8) is 0 Å². The highest BCUT2D eigenvalue weighted by atomic mass is 16.5. The van der Waals surface area contributed by atoms with Crippen molar-refractivity contribution in [3.8, 4) is 5.75 Å². The van der Waals surface area contributed by atoms with Gasteiger partial charge in [-0.3, -0.25) is 9.59 Å². The van der Waals surface area contributed by atoms with Gasteiger partial charge in [0.25, 0.3) is 5.91 Å². The Morgan fingerprint density at radius 1 is 1.33 bits per heavy atom. The molecule has 1 saturated heterocycles. The Morgan fingerprint density at radius 2 is 2.11 bits per heavy atom. The van der Waals surface area contributed by atoms with Crippen LogP contribution < -0.4 is 15.4 Å². The first kappa shape index (κ1) is 19.0. The van der Waals surface area contributed by atoms with E-state index >= 15 is 0 Å². The Morgan fingerprint density at radius 3 is 2.81 bits per heavy atom. The van der Waals surface area contributed by atoms with E-state index in [1.54, 1.807) is 30.0 Å². The van der Waals surface area contributed by atoms with Crippen LogP contribution in [0.15, 0.2) is 18.2 Å². The molecule has 0 spiro atoms. The summed E-state index contributed by atoms with van der Waals surface area (Å²) in [6, 6.07) is 4.71. The molecular formula is C18H25N5O4. The number of carbonyl (C=O) groups is 3. The zero-order chi connectivity index (χ0) is 19.6. The van der Waals surface area contributed by atoms with Gasteiger partial charge in [0.2, 0.25) is 5.91 Å². The average molecular weight is 375 g/mol. The lowest BCUT2D eigenvalue weighted by molar-refractivity contribution is -0.134. The van der Waals surface area contributed by atoms with Crippen LogP contribution >= 0.6 is 0 Å². The lowest BCUT2D eigenvalue weighted by Crippen LogP contribution is -2.54. The molecule has 4 amide bonds. The standard InChI is InChI=1S/C18H25N5O4/c1-12-17(25)20-14-10-13(4-5-15(14)27-12)19-18(26)23-9-8-22(16(24)11-23)7-6-21(2)3/h4-5,10,12H,6-9,11H2,1-3H3,(H,19,26)(H,20,25). The van der Waals surface area contributed by atoms with Gasteiger partial charge < -0.3 is 30.1 Å². The monoisotopic (exact) mass is 375 g/mol. The highest BCUT2D eigenvalue weighted by Gasteiger charge is 2.28. The molecule has 0 radical (unpaired) electrons. The van der Waals surface area contributed by atoms with E-state index < -0.39 is 6.10 Å². The molecule has 0 bridgehead atoms. The van der Waals surface area contributed by atoms with E-state index in [-0.39, 0.29) is 24.4 Å². The number of carbonyl (C=O) groups excluding carboxylic acids is 3. The van der Waals surface area contributed by atoms with Crippen LogP contribution in [0.1, 0.15) is 6.92 Å². The minimum atomic E-state index is -0.548. The van der Waals surface area contributed by atoms with Gasteiger partial charge in [-0.1, -0.05) is 0 Å². The average Bonchev–Trinajstić information content (AvgIpc) is 2.61. The first-order valence-corrected chi connectivity index (χ1v) is 8.93. The van der Waals surface area contributed by atoms with Gasteiger partial charge in [0.1, 0.15) is 12.3 Å². The third-order valence-electron chi connectivity index (χ3n) is 4.58. The quantitative estimate of drug-likeness (QED) is 0.806. The summed E-state index contributed by atoms with van der Waals surface area (Å²) in [5.41, 5.74) is 1.04. The van der Waals surface area contributed by atoms with Crippen molar-refractivity contribution in [1.82, 2.24) is 14.7 Å². The van der Waals surface area contributed by atoms with E-state index in [4.69, 9.17) is 4.74 Å². The molecule has 9 nitrogen and oxygen atoms in total. The Hall–Kier alpha value is -2.81. The number of hydrogen-bond donors (Lipinski definition) is 2. The van der Waals surface area contributed by atoms with Crippen LogP contribution in [0.4, 0.5) is 16.2 Å². The van der Waals surface area contributed by atoms with Crippen LogP contribution in [0.5, 0.6) is 5.75 Å². The summed E-state index contributed by atoms with van der Waals surface area (Å²) in [5, 5.41) is 5.52. The van der Waals surface area contributed by atoms with Gasteiger partial charge >= 0.3 is 6.03 Å². The zero-order valence-corrected chi connectivity index (χ0v) is 15.8. The summed E-state index contributed by atoms with van der Waals surface area (Å²) in [6.07, 6.45) is -0.548. The number of anilines is 2. The number of piperazine rings is 1. The molecule has 1 unspecified atom stereocenters. The molecule has 0 aliphatic carbocycles. The number of rotatable bonds is 4. The summed E-state index contributed by atoms with van der Waals surface area (Å²) in [4.78, 5) is 41.8. The molecule has 27 heavy (non-hydrogen) atoms. The van der Waals surface area contributed by atoms with Crippen molar-refractivity contribution in [3.05, 3.63) is 18.2 Å². The molecule has 146 valence electrons. The third kappa shape index (κ3) is 4.48. The fourth-order valence-electron chi connectivity index (χ4n) is 2.93. The van der Waals surface area contributed by atoms with Crippen molar-refractivity contribution >= 4 is 29.2 Å². The van der Waals surface area contributed by atoms with Gasteiger partial charge in [0.15, 0.2) is 6.10 Å². The number of nitrogens with one attached hydrogen (secondary N) is 2. The number of benzene rings is 1. The predicted molar refractivity (Wildman–Crippen MR) is 101 cm³/mol. The number of hydrogen-bond acceptors (Lipinski definition) is 5. The van der Waals surface area contributed by atoms with E-state index in [0.717, 1.165) is 6.54 Å². The minimum Gasteiger partial charge on any atom is -0.479 e. The van der Waals surface area contributed by atoms with Crippen molar-refractivity contribution in [2.75, 3.05) is 57.5 Å². The van der Waals surface area contributed by atoms with Gasteiger partial charge in [-0.15, -0.1) is 0 Å². The molecule has 1 atom stereocenters. The molecule has 2 aliphatic heterocycles. The largest absolute Gasteiger partial charge is 0.479 e. The minimum absolute atomic E-state index is 0.0571. The highest BCUT2D eigenvalue weighted by molar-refractivity contribution is 5.99. The molecular weight excluding hydrogens is 350 g/mol. The molecule has 9 heteroatoms. The van der Waals surface area contributed by atoms with Gasteiger partial charge in [-0.2, -0.15) is 0 Å². The summed E-state index contributed by atoms with van der Waals surface area (Å²) >= 11 is 0. The number of amides is 4. The second-order valence-corrected chi connectivity index (χ2v) is 7.00. The maximum Gasteiger partial charge on any atom is 0.322 e. The number of likely N-dealkylation sites (N-methyl/N-ethyl adjacent to an activating group) is 1. The second-order valence-electron chi connectivity index (χ2n) is 7.00. The van der Waals surface area contributed by atoms with Crippen molar-refractivity contribution < 1.29 is 19.1 Å². The number of nitrogens with zero attached hydrogens (tertiary/aromatic N) is 3. The fraction of sp³-hybridized carbons (Fsp3) is 0.500. The Bertz CT molecular complexity index is 751. The van der Waals surface area contributed by atoms with Crippen LogP contribution in [-0.2, 0) is 9.59 Å². The molecule has 0 aromatic heterocycles. The second kappa shape index (κ2) is 7.83. The lowest BCUT2D eigenvalue weighted by Gasteiger charge is -2.34. The zero-order valence-electron chi connectivity index (χ0n) is 15.8. The normalized spacial score (nSPS) is 19.5. The first-order chi connectivity index (χ1) is 12.8. The summed E-state index contributed by atoms with van der Waals surface area (Å²) in [6.45, 7) is 4.17. The van der Waals surface area contributed by atoms with Crippen LogP contribution in [0.3, 0.4) is 0 Å². The molecule has 3 rings (SSSR count). The van der Waals surface area contributed by atoms with Crippen molar-refractivity contribution in [2.24, 2.45) is 0 Å². The summed E-state index contributed by atoms with van der Waals surface area (Å²) in [7, 11) is 3.92. The van der Waals surface area contributed by atoms with Crippen LogP contribution in [-0.4, -0.2) is 85.5 Å². The fourth-order valence-corrected chi connectivity index (χ4v) is 2.93. The predicted octanol–water partition coefficient (Wildman–Crippen LogP) is 0.644. The van der Waals surface area contributed by atoms with Gasteiger partial charge in [0, 0.05) is 31.9 Å². The van der Waals surface area contributed by atoms with E-state index in [1.807, 2.05) is 19.0 Å². The summed E-state index contributed by atoms with van der Waals surface area (Å²) in [5.74, 6) is 0.272. The van der Waals surface area contributed by atoms with Gasteiger partial charge in [-0.05, 0) is 39.2 Å². The van der Waals surface area contributed by atoms with Crippen molar-refractivity contribution in [1.29, 1.82) is 0 Å². The molecule has 1 fully saturated rings. The molecule has 2 N–H and O–H groups in total. The first-order valence-electron chi connectivity index (χ1n) is 8.93. The molecule has 0 saturated carbocycles. The third-order valence-corrected chi connectivity index (χ3v) is 4.58. The lowest BCUT2D eigenvalue weighted by atomic mass is 10.2. The smallest absolute Gasteiger partial charge is 0.322 e. The van der Waals surface area contributed by atoms with Crippen LogP contribution in [0.25, 0.3) is 0 Å². The summed E-state index contributed by atoms with van der Waals surface area (Å²) < 4.78 is 5.50. The Kier molecular flexibility index (Phi) is 5.50. The molecule has 1 aromatic carbocycles. The van der Waals surface area contributed by atoms with E-state index in [0.29, 0.717) is 36.8 Å². The maximum atomic E-state index is 12.5. The van der Waals surface area contributed by atoms with Crippen LogP contribution in [0.2, 0.25) is 0 Å². The highest BCUT2D eigenvalue weighted by Crippen LogP contribution is 2.32.